The monoisotopic (exact) mass is 379 g/mol. The number of amides is 1. The Labute approximate surface area is 164 Å². The quantitative estimate of drug-likeness (QED) is 0.712. The Morgan fingerprint density at radius 2 is 1.89 bits per heavy atom. The summed E-state index contributed by atoms with van der Waals surface area (Å²) in [4.78, 5) is 19.6. The third-order valence-electron chi connectivity index (χ3n) is 5.19. The second-order valence-corrected chi connectivity index (χ2v) is 7.27. The number of rotatable bonds is 5. The molecule has 2 aromatic carbocycles. The minimum absolute atomic E-state index is 0.0788. The number of hydrogen-bond acceptors (Lipinski definition) is 3. The van der Waals surface area contributed by atoms with Gasteiger partial charge in [-0.05, 0) is 55.8 Å². The smallest absolute Gasteiger partial charge is 0.252 e. The Bertz CT molecular complexity index is 948. The van der Waals surface area contributed by atoms with Crippen molar-refractivity contribution in [2.45, 2.75) is 18.9 Å². The van der Waals surface area contributed by atoms with Crippen LogP contribution in [0.4, 0.5) is 0 Å². The molecule has 1 aromatic heterocycles. The molecule has 0 spiro atoms. The molecule has 1 aliphatic heterocycles. The summed E-state index contributed by atoms with van der Waals surface area (Å²) in [6.45, 7) is 2.59. The third kappa shape index (κ3) is 3.82. The average molecular weight is 380 g/mol. The number of nitrogens with one attached hydrogen (secondary N) is 1. The van der Waals surface area contributed by atoms with Crippen LogP contribution < -0.4 is 5.32 Å². The molecule has 1 aliphatic rings. The van der Waals surface area contributed by atoms with Crippen molar-refractivity contribution in [3.63, 3.8) is 0 Å². The molecule has 1 N–H and O–H groups in total. The fourth-order valence-electron chi connectivity index (χ4n) is 3.82. The number of pyridine rings is 1. The number of fused-ring (bicyclic) bond motifs is 1. The van der Waals surface area contributed by atoms with Gasteiger partial charge in [0.25, 0.3) is 5.91 Å². The molecule has 0 saturated carbocycles. The van der Waals surface area contributed by atoms with Crippen LogP contribution in [-0.2, 0) is 0 Å². The molecule has 1 saturated heterocycles. The molecule has 5 heteroatoms. The van der Waals surface area contributed by atoms with Crippen LogP contribution in [0, 0.1) is 0 Å². The van der Waals surface area contributed by atoms with E-state index in [0.29, 0.717) is 12.1 Å². The van der Waals surface area contributed by atoms with E-state index in [2.05, 4.69) is 21.3 Å². The zero-order valence-corrected chi connectivity index (χ0v) is 15.8. The zero-order chi connectivity index (χ0) is 18.6. The SMILES string of the molecule is O=C(NCC(c1ccccc1Cl)N1CCCC1)c1cccc2ncccc12. The third-order valence-corrected chi connectivity index (χ3v) is 5.54. The van der Waals surface area contributed by atoms with E-state index in [4.69, 9.17) is 11.6 Å². The average Bonchev–Trinajstić information content (AvgIpc) is 3.23. The van der Waals surface area contributed by atoms with Gasteiger partial charge < -0.3 is 5.32 Å². The normalized spacial score (nSPS) is 15.7. The van der Waals surface area contributed by atoms with Gasteiger partial charge >= 0.3 is 0 Å². The maximum Gasteiger partial charge on any atom is 0.252 e. The zero-order valence-electron chi connectivity index (χ0n) is 15.1. The van der Waals surface area contributed by atoms with Crippen molar-refractivity contribution < 1.29 is 4.79 Å². The van der Waals surface area contributed by atoms with Crippen LogP contribution in [0.5, 0.6) is 0 Å². The predicted octanol–water partition coefficient (Wildman–Crippen LogP) is 4.46. The number of nitrogens with zero attached hydrogens (tertiary/aromatic N) is 2. The van der Waals surface area contributed by atoms with E-state index in [9.17, 15) is 4.79 Å². The molecule has 0 bridgehead atoms. The molecule has 1 amide bonds. The van der Waals surface area contributed by atoms with E-state index in [-0.39, 0.29) is 11.9 Å². The van der Waals surface area contributed by atoms with Gasteiger partial charge in [-0.2, -0.15) is 0 Å². The molecule has 1 fully saturated rings. The Morgan fingerprint density at radius 3 is 2.70 bits per heavy atom. The molecule has 1 unspecified atom stereocenters. The van der Waals surface area contributed by atoms with Gasteiger partial charge in [-0.15, -0.1) is 0 Å². The number of hydrogen-bond donors (Lipinski definition) is 1. The Balaban J connectivity index is 1.57. The molecular weight excluding hydrogens is 358 g/mol. The molecule has 1 atom stereocenters. The summed E-state index contributed by atoms with van der Waals surface area (Å²) in [6.07, 6.45) is 4.11. The topological polar surface area (TPSA) is 45.2 Å². The van der Waals surface area contributed by atoms with Crippen LogP contribution in [0.25, 0.3) is 10.9 Å². The highest BCUT2D eigenvalue weighted by Gasteiger charge is 2.25. The lowest BCUT2D eigenvalue weighted by Gasteiger charge is -2.29. The van der Waals surface area contributed by atoms with E-state index in [0.717, 1.165) is 34.6 Å². The summed E-state index contributed by atoms with van der Waals surface area (Å²) in [6, 6.07) is 17.4. The first-order valence-corrected chi connectivity index (χ1v) is 9.72. The van der Waals surface area contributed by atoms with E-state index >= 15 is 0 Å². The summed E-state index contributed by atoms with van der Waals surface area (Å²) in [5.74, 6) is -0.0788. The first-order valence-electron chi connectivity index (χ1n) is 9.34. The van der Waals surface area contributed by atoms with Gasteiger partial charge in [-0.1, -0.05) is 41.9 Å². The largest absolute Gasteiger partial charge is 0.350 e. The molecule has 4 rings (SSSR count). The van der Waals surface area contributed by atoms with Crippen molar-refractivity contribution in [2.24, 2.45) is 0 Å². The molecule has 2 heterocycles. The summed E-state index contributed by atoms with van der Waals surface area (Å²) >= 11 is 6.46. The standard InChI is InChI=1S/C22H22ClN3O/c23-19-10-2-1-7-18(19)21(26-13-3-4-14-26)15-25-22(27)17-8-5-11-20-16(17)9-6-12-24-20/h1-2,5-12,21H,3-4,13-15H2,(H,25,27). The van der Waals surface area contributed by atoms with Gasteiger partial charge in [0.2, 0.25) is 0 Å². The highest BCUT2D eigenvalue weighted by Crippen LogP contribution is 2.30. The van der Waals surface area contributed by atoms with Gasteiger partial charge in [0, 0.05) is 28.7 Å². The second-order valence-electron chi connectivity index (χ2n) is 6.87. The minimum atomic E-state index is -0.0788. The molecule has 0 radical (unpaired) electrons. The lowest BCUT2D eigenvalue weighted by atomic mass is 10.0. The Hall–Kier alpha value is -2.43. The first kappa shape index (κ1) is 18.0. The van der Waals surface area contributed by atoms with Crippen LogP contribution in [0.15, 0.2) is 60.8 Å². The lowest BCUT2D eigenvalue weighted by Crippen LogP contribution is -2.37. The number of carbonyl (C=O) groups is 1. The van der Waals surface area contributed by atoms with Gasteiger partial charge in [0.05, 0.1) is 11.6 Å². The number of halogens is 1. The van der Waals surface area contributed by atoms with Crippen LogP contribution in [0.1, 0.15) is 34.8 Å². The second kappa shape index (κ2) is 8.07. The summed E-state index contributed by atoms with van der Waals surface area (Å²) in [5.41, 5.74) is 2.55. The number of carbonyl (C=O) groups excluding carboxylic acids is 1. The molecule has 138 valence electrons. The van der Waals surface area contributed by atoms with Crippen LogP contribution in [0.2, 0.25) is 5.02 Å². The molecular formula is C22H22ClN3O. The van der Waals surface area contributed by atoms with Crippen LogP contribution in [-0.4, -0.2) is 35.4 Å². The fourth-order valence-corrected chi connectivity index (χ4v) is 4.08. The molecule has 3 aromatic rings. The fraction of sp³-hybridized carbons (Fsp3) is 0.273. The summed E-state index contributed by atoms with van der Waals surface area (Å²) < 4.78 is 0. The first-order chi connectivity index (χ1) is 13.2. The van der Waals surface area contributed by atoms with Gasteiger partial charge in [0.1, 0.15) is 0 Å². The van der Waals surface area contributed by atoms with Crippen molar-refractivity contribution in [3.05, 3.63) is 76.9 Å². The van der Waals surface area contributed by atoms with Crippen LogP contribution >= 0.6 is 11.6 Å². The minimum Gasteiger partial charge on any atom is -0.350 e. The van der Waals surface area contributed by atoms with Gasteiger partial charge in [-0.25, -0.2) is 0 Å². The van der Waals surface area contributed by atoms with E-state index in [1.54, 1.807) is 6.20 Å². The van der Waals surface area contributed by atoms with E-state index < -0.39 is 0 Å². The maximum absolute atomic E-state index is 12.9. The predicted molar refractivity (Wildman–Crippen MR) is 109 cm³/mol. The Morgan fingerprint density at radius 1 is 1.07 bits per heavy atom. The van der Waals surface area contributed by atoms with Crippen molar-refractivity contribution in [1.29, 1.82) is 0 Å². The summed E-state index contributed by atoms with van der Waals surface area (Å²) in [7, 11) is 0. The van der Waals surface area contributed by atoms with Crippen LogP contribution in [0.3, 0.4) is 0 Å². The van der Waals surface area contributed by atoms with Gasteiger partial charge in [-0.3, -0.25) is 14.7 Å². The highest BCUT2D eigenvalue weighted by molar-refractivity contribution is 6.31. The molecule has 0 aliphatic carbocycles. The van der Waals surface area contributed by atoms with Crippen molar-refractivity contribution in [3.8, 4) is 0 Å². The van der Waals surface area contributed by atoms with Crippen molar-refractivity contribution in [1.82, 2.24) is 15.2 Å². The van der Waals surface area contributed by atoms with E-state index in [1.807, 2.05) is 48.5 Å². The van der Waals surface area contributed by atoms with Crippen molar-refractivity contribution in [2.75, 3.05) is 19.6 Å². The number of aromatic nitrogens is 1. The number of likely N-dealkylation sites (tertiary alicyclic amines) is 1. The summed E-state index contributed by atoms with van der Waals surface area (Å²) in [5, 5.41) is 4.74. The van der Waals surface area contributed by atoms with Gasteiger partial charge in [0.15, 0.2) is 0 Å². The van der Waals surface area contributed by atoms with E-state index in [1.165, 1.54) is 12.8 Å². The van der Waals surface area contributed by atoms with Crippen molar-refractivity contribution >= 4 is 28.4 Å². The number of benzene rings is 2. The maximum atomic E-state index is 12.9. The lowest BCUT2D eigenvalue weighted by molar-refractivity contribution is 0.0939. The Kier molecular flexibility index (Phi) is 5.37. The highest BCUT2D eigenvalue weighted by atomic mass is 35.5. The molecule has 27 heavy (non-hydrogen) atoms. The molecule has 4 nitrogen and oxygen atoms in total.